The van der Waals surface area contributed by atoms with Gasteiger partial charge < -0.3 is 15.7 Å². The lowest BCUT2D eigenvalue weighted by molar-refractivity contribution is 0.0839. The molecule has 5 heteroatoms. The van der Waals surface area contributed by atoms with Gasteiger partial charge in [0.15, 0.2) is 0 Å². The maximum atomic E-state index is 9.86. The molecule has 4 nitrogen and oxygen atoms in total. The summed E-state index contributed by atoms with van der Waals surface area (Å²) in [5.41, 5.74) is 5.66. The monoisotopic (exact) mass is 237 g/mol. The van der Waals surface area contributed by atoms with Gasteiger partial charge in [-0.05, 0) is 25.5 Å². The Morgan fingerprint density at radius 2 is 2.38 bits per heavy atom. The van der Waals surface area contributed by atoms with E-state index < -0.39 is 5.60 Å². The molecule has 0 aliphatic carbocycles. The molecule has 1 unspecified atom stereocenters. The highest BCUT2D eigenvalue weighted by atomic mass is 32.1. The summed E-state index contributed by atoms with van der Waals surface area (Å²) in [6.07, 6.45) is 2.44. The van der Waals surface area contributed by atoms with Crippen molar-refractivity contribution in [3.63, 3.8) is 0 Å². The number of nitrogens with zero attached hydrogens (tertiary/aromatic N) is 2. The van der Waals surface area contributed by atoms with Crippen LogP contribution in [-0.4, -0.2) is 33.8 Å². The van der Waals surface area contributed by atoms with Gasteiger partial charge in [-0.2, -0.15) is 0 Å². The van der Waals surface area contributed by atoms with Gasteiger partial charge >= 0.3 is 0 Å². The highest BCUT2D eigenvalue weighted by Crippen LogP contribution is 2.24. The molecule has 1 saturated heterocycles. The van der Waals surface area contributed by atoms with Gasteiger partial charge in [-0.3, -0.25) is 0 Å². The second kappa shape index (κ2) is 3.99. The minimum atomic E-state index is -0.608. The highest BCUT2D eigenvalue weighted by Gasteiger charge is 2.31. The smallest absolute Gasteiger partial charge is 0.128 e. The van der Waals surface area contributed by atoms with Gasteiger partial charge in [0.05, 0.1) is 5.60 Å². The molecule has 1 aliphatic heterocycles. The van der Waals surface area contributed by atoms with Crippen molar-refractivity contribution in [1.82, 2.24) is 4.98 Å². The number of hydrogen-bond donors (Lipinski definition) is 2. The number of nitrogens with two attached hydrogens (primary N) is 1. The molecule has 1 fully saturated rings. The number of aliphatic hydroxyl groups is 1. The average molecular weight is 237 g/mol. The first-order valence-electron chi connectivity index (χ1n) is 5.21. The third-order valence-corrected chi connectivity index (χ3v) is 3.04. The number of β-amino-alcohol motifs (C(OH)–C–C–N with tert-alkyl or cyclic N) is 1. The third kappa shape index (κ3) is 2.31. The van der Waals surface area contributed by atoms with E-state index >= 15 is 0 Å². The van der Waals surface area contributed by atoms with Crippen LogP contribution >= 0.6 is 12.2 Å². The zero-order valence-corrected chi connectivity index (χ0v) is 10.00. The van der Waals surface area contributed by atoms with Crippen molar-refractivity contribution in [2.45, 2.75) is 18.9 Å². The normalized spacial score (nSPS) is 24.8. The maximum absolute atomic E-state index is 9.86. The van der Waals surface area contributed by atoms with Crippen LogP contribution in [0.1, 0.15) is 18.9 Å². The van der Waals surface area contributed by atoms with Crippen molar-refractivity contribution in [3.8, 4) is 0 Å². The fourth-order valence-electron chi connectivity index (χ4n) is 1.86. The Labute approximate surface area is 100 Å². The van der Waals surface area contributed by atoms with Crippen molar-refractivity contribution < 1.29 is 5.11 Å². The number of thiocarbonyl (C=S) groups is 1. The second-order valence-electron chi connectivity index (χ2n) is 4.44. The van der Waals surface area contributed by atoms with E-state index in [0.717, 1.165) is 24.3 Å². The first-order valence-corrected chi connectivity index (χ1v) is 5.62. The molecule has 0 spiro atoms. The molecule has 0 aromatic carbocycles. The van der Waals surface area contributed by atoms with E-state index in [4.69, 9.17) is 18.0 Å². The summed E-state index contributed by atoms with van der Waals surface area (Å²) in [6.45, 7) is 3.29. The van der Waals surface area contributed by atoms with Crippen molar-refractivity contribution >= 4 is 23.0 Å². The van der Waals surface area contributed by atoms with Gasteiger partial charge in [0.25, 0.3) is 0 Å². The SMILES string of the molecule is CC1(O)CCN(c2ccc(C(N)=S)cn2)C1. The van der Waals surface area contributed by atoms with E-state index in [0.29, 0.717) is 11.5 Å². The molecular weight excluding hydrogens is 222 g/mol. The zero-order valence-electron chi connectivity index (χ0n) is 9.18. The van der Waals surface area contributed by atoms with Gasteiger partial charge in [-0.25, -0.2) is 4.98 Å². The molecule has 1 aromatic heterocycles. The van der Waals surface area contributed by atoms with Crippen LogP contribution in [0.4, 0.5) is 5.82 Å². The number of aromatic nitrogens is 1. The summed E-state index contributed by atoms with van der Waals surface area (Å²) >= 11 is 4.86. The fourth-order valence-corrected chi connectivity index (χ4v) is 1.98. The summed E-state index contributed by atoms with van der Waals surface area (Å²) in [5, 5.41) is 9.86. The number of rotatable bonds is 2. The second-order valence-corrected chi connectivity index (χ2v) is 4.88. The Hall–Kier alpha value is -1.20. The standard InChI is InChI=1S/C11H15N3OS/c1-11(15)4-5-14(7-11)9-3-2-8(6-13-9)10(12)16/h2-3,6,15H,4-5,7H2,1H3,(H2,12,16). The Bertz CT molecular complexity index is 402. The van der Waals surface area contributed by atoms with Gasteiger partial charge in [0.2, 0.25) is 0 Å². The summed E-state index contributed by atoms with van der Waals surface area (Å²) in [4.78, 5) is 6.71. The van der Waals surface area contributed by atoms with Crippen molar-refractivity contribution in [1.29, 1.82) is 0 Å². The average Bonchev–Trinajstić information content (AvgIpc) is 2.59. The Kier molecular flexibility index (Phi) is 2.82. The predicted octanol–water partition coefficient (Wildman–Crippen LogP) is 0.677. The first kappa shape index (κ1) is 11.3. The van der Waals surface area contributed by atoms with Crippen LogP contribution in [0, 0.1) is 0 Å². The molecule has 2 rings (SSSR count). The Morgan fingerprint density at radius 3 is 2.81 bits per heavy atom. The van der Waals surface area contributed by atoms with Crippen LogP contribution in [0.2, 0.25) is 0 Å². The maximum Gasteiger partial charge on any atom is 0.128 e. The van der Waals surface area contributed by atoms with E-state index in [-0.39, 0.29) is 0 Å². The van der Waals surface area contributed by atoms with Gasteiger partial charge in [-0.1, -0.05) is 12.2 Å². The summed E-state index contributed by atoms with van der Waals surface area (Å²) in [6, 6.07) is 3.74. The van der Waals surface area contributed by atoms with E-state index in [9.17, 15) is 5.11 Å². The molecule has 3 N–H and O–H groups in total. The number of pyridine rings is 1. The van der Waals surface area contributed by atoms with Crippen LogP contribution in [-0.2, 0) is 0 Å². The van der Waals surface area contributed by atoms with Gasteiger partial charge in [0.1, 0.15) is 10.8 Å². The third-order valence-electron chi connectivity index (χ3n) is 2.81. The molecule has 16 heavy (non-hydrogen) atoms. The molecular formula is C11H15N3OS. The van der Waals surface area contributed by atoms with E-state index in [2.05, 4.69) is 9.88 Å². The van der Waals surface area contributed by atoms with Crippen LogP contribution < -0.4 is 10.6 Å². The van der Waals surface area contributed by atoms with Crippen molar-refractivity contribution in [2.75, 3.05) is 18.0 Å². The van der Waals surface area contributed by atoms with E-state index in [1.165, 1.54) is 0 Å². The molecule has 1 aliphatic rings. The molecule has 86 valence electrons. The molecule has 0 amide bonds. The van der Waals surface area contributed by atoms with E-state index in [1.54, 1.807) is 6.20 Å². The largest absolute Gasteiger partial charge is 0.389 e. The minimum absolute atomic E-state index is 0.354. The summed E-state index contributed by atoms with van der Waals surface area (Å²) < 4.78 is 0. The molecule has 0 bridgehead atoms. The molecule has 0 radical (unpaired) electrons. The lowest BCUT2D eigenvalue weighted by Crippen LogP contribution is -2.30. The zero-order chi connectivity index (χ0) is 11.8. The molecule has 1 atom stereocenters. The molecule has 1 aromatic rings. The Morgan fingerprint density at radius 1 is 1.62 bits per heavy atom. The van der Waals surface area contributed by atoms with Crippen LogP contribution in [0.15, 0.2) is 18.3 Å². The summed E-state index contributed by atoms with van der Waals surface area (Å²) in [5.74, 6) is 0.859. The quantitative estimate of drug-likeness (QED) is 0.741. The van der Waals surface area contributed by atoms with E-state index in [1.807, 2.05) is 19.1 Å². The Balaban J connectivity index is 2.14. The number of anilines is 1. The summed E-state index contributed by atoms with van der Waals surface area (Å²) in [7, 11) is 0. The lowest BCUT2D eigenvalue weighted by atomic mass is 10.1. The first-order chi connectivity index (χ1) is 7.48. The van der Waals surface area contributed by atoms with Crippen LogP contribution in [0.25, 0.3) is 0 Å². The van der Waals surface area contributed by atoms with Crippen molar-refractivity contribution in [3.05, 3.63) is 23.9 Å². The van der Waals surface area contributed by atoms with Gasteiger partial charge in [-0.15, -0.1) is 0 Å². The molecule has 2 heterocycles. The fraction of sp³-hybridized carbons (Fsp3) is 0.455. The number of hydrogen-bond acceptors (Lipinski definition) is 4. The molecule has 0 saturated carbocycles. The van der Waals surface area contributed by atoms with Crippen LogP contribution in [0.5, 0.6) is 0 Å². The topological polar surface area (TPSA) is 62.4 Å². The minimum Gasteiger partial charge on any atom is -0.389 e. The highest BCUT2D eigenvalue weighted by molar-refractivity contribution is 7.80. The predicted molar refractivity (Wildman–Crippen MR) is 67.6 cm³/mol. The van der Waals surface area contributed by atoms with Crippen molar-refractivity contribution in [2.24, 2.45) is 5.73 Å². The lowest BCUT2D eigenvalue weighted by Gasteiger charge is -2.19. The van der Waals surface area contributed by atoms with Gasteiger partial charge in [0, 0.05) is 24.8 Å². The van der Waals surface area contributed by atoms with Crippen LogP contribution in [0.3, 0.4) is 0 Å².